The van der Waals surface area contributed by atoms with Crippen molar-refractivity contribution >= 4 is 11.7 Å². The van der Waals surface area contributed by atoms with E-state index >= 15 is 0 Å². The second kappa shape index (κ2) is 6.13. The van der Waals surface area contributed by atoms with Crippen LogP contribution in [0, 0.1) is 5.92 Å². The van der Waals surface area contributed by atoms with E-state index in [9.17, 15) is 4.79 Å². The quantitative estimate of drug-likeness (QED) is 0.846. The molecular weight excluding hydrogens is 256 g/mol. The molecule has 0 bridgehead atoms. The number of nitrogens with zero attached hydrogens (tertiary/aromatic N) is 1. The molecule has 1 heterocycles. The van der Waals surface area contributed by atoms with Crippen LogP contribution in [0.3, 0.4) is 0 Å². The monoisotopic (exact) mass is 278 g/mol. The largest absolute Gasteiger partial charge is 0.486 e. The fraction of sp³-hybridized carbons (Fsp3) is 0.533. The van der Waals surface area contributed by atoms with Gasteiger partial charge in [0.25, 0.3) is 0 Å². The number of carbonyl (C=O) groups is 1. The molecule has 0 saturated heterocycles. The fourth-order valence-corrected chi connectivity index (χ4v) is 2.27. The van der Waals surface area contributed by atoms with Crippen molar-refractivity contribution in [3.8, 4) is 5.75 Å². The lowest BCUT2D eigenvalue weighted by molar-refractivity contribution is -0.139. The molecule has 0 spiro atoms. The maximum absolute atomic E-state index is 11.6. The second-order valence-electron chi connectivity index (χ2n) is 5.36. The van der Waals surface area contributed by atoms with Crippen molar-refractivity contribution in [1.82, 2.24) is 0 Å². The van der Waals surface area contributed by atoms with E-state index in [1.165, 1.54) is 7.11 Å². The van der Waals surface area contributed by atoms with Gasteiger partial charge in [-0.3, -0.25) is 4.79 Å². The summed E-state index contributed by atoms with van der Waals surface area (Å²) in [7, 11) is 1.40. The van der Waals surface area contributed by atoms with E-state index in [2.05, 4.69) is 13.8 Å². The Bertz CT molecular complexity index is 488. The molecule has 1 aromatic carbocycles. The Kier molecular flexibility index (Phi) is 4.49. The van der Waals surface area contributed by atoms with Gasteiger partial charge in [-0.25, -0.2) is 0 Å². The Morgan fingerprint density at radius 2 is 2.30 bits per heavy atom. The minimum absolute atomic E-state index is 0.0557. The Balaban J connectivity index is 2.31. The third-order valence-electron chi connectivity index (χ3n) is 3.57. The summed E-state index contributed by atoms with van der Waals surface area (Å²) >= 11 is 0. The first-order valence-corrected chi connectivity index (χ1v) is 6.86. The maximum atomic E-state index is 11.6. The van der Waals surface area contributed by atoms with Gasteiger partial charge in [0.05, 0.1) is 19.3 Å². The number of carbonyl (C=O) groups excluding carboxylic acids is 1. The lowest BCUT2D eigenvalue weighted by atomic mass is 10.0. The van der Waals surface area contributed by atoms with Crippen LogP contribution in [0.5, 0.6) is 5.75 Å². The van der Waals surface area contributed by atoms with Crippen molar-refractivity contribution in [1.29, 1.82) is 0 Å². The molecule has 1 atom stereocenters. The van der Waals surface area contributed by atoms with E-state index in [0.29, 0.717) is 19.0 Å². The van der Waals surface area contributed by atoms with Crippen LogP contribution in [-0.4, -0.2) is 32.3 Å². The molecule has 1 unspecified atom stereocenters. The van der Waals surface area contributed by atoms with Crippen molar-refractivity contribution in [2.45, 2.75) is 26.5 Å². The van der Waals surface area contributed by atoms with Crippen molar-refractivity contribution < 1.29 is 14.3 Å². The van der Waals surface area contributed by atoms with Crippen LogP contribution in [0.15, 0.2) is 18.2 Å². The molecule has 1 aromatic rings. The Labute approximate surface area is 119 Å². The predicted molar refractivity (Wildman–Crippen MR) is 77.8 cm³/mol. The highest BCUT2D eigenvalue weighted by Crippen LogP contribution is 2.35. The van der Waals surface area contributed by atoms with Crippen LogP contribution in [0.1, 0.15) is 19.4 Å². The molecule has 5 nitrogen and oxygen atoms in total. The van der Waals surface area contributed by atoms with E-state index in [1.807, 2.05) is 23.1 Å². The van der Waals surface area contributed by atoms with Crippen LogP contribution in [0.25, 0.3) is 0 Å². The molecule has 1 aliphatic heterocycles. The number of nitrogens with two attached hydrogens (primary N) is 1. The minimum Gasteiger partial charge on any atom is -0.486 e. The second-order valence-corrected chi connectivity index (χ2v) is 5.36. The highest BCUT2D eigenvalue weighted by atomic mass is 16.5. The van der Waals surface area contributed by atoms with Crippen LogP contribution < -0.4 is 15.4 Å². The Hall–Kier alpha value is -1.75. The van der Waals surface area contributed by atoms with Crippen LogP contribution in [0.4, 0.5) is 5.69 Å². The molecule has 5 heteroatoms. The minimum atomic E-state index is -0.247. The lowest BCUT2D eigenvalue weighted by Gasteiger charge is -2.37. The Morgan fingerprint density at radius 3 is 2.90 bits per heavy atom. The van der Waals surface area contributed by atoms with Crippen molar-refractivity contribution in [3.63, 3.8) is 0 Å². The van der Waals surface area contributed by atoms with E-state index < -0.39 is 0 Å². The summed E-state index contributed by atoms with van der Waals surface area (Å²) in [4.78, 5) is 13.6. The van der Waals surface area contributed by atoms with Gasteiger partial charge in [-0.2, -0.15) is 0 Å². The maximum Gasteiger partial charge on any atom is 0.325 e. The van der Waals surface area contributed by atoms with Crippen LogP contribution in [0.2, 0.25) is 0 Å². The van der Waals surface area contributed by atoms with Crippen molar-refractivity contribution in [3.05, 3.63) is 23.8 Å². The SMILES string of the molecule is COC(=O)CN1CC(C(C)C)Oc2cc(CN)ccc21. The zero-order valence-electron chi connectivity index (χ0n) is 12.3. The smallest absolute Gasteiger partial charge is 0.325 e. The number of hydrogen-bond donors (Lipinski definition) is 1. The molecule has 0 fully saturated rings. The molecule has 0 aromatic heterocycles. The topological polar surface area (TPSA) is 64.8 Å². The van der Waals surface area contributed by atoms with E-state index in [0.717, 1.165) is 17.0 Å². The molecule has 0 radical (unpaired) electrons. The van der Waals surface area contributed by atoms with Gasteiger partial charge in [0, 0.05) is 6.54 Å². The number of hydrogen-bond acceptors (Lipinski definition) is 5. The van der Waals surface area contributed by atoms with Crippen LogP contribution in [-0.2, 0) is 16.1 Å². The van der Waals surface area contributed by atoms with E-state index in [1.54, 1.807) is 0 Å². The Morgan fingerprint density at radius 1 is 1.55 bits per heavy atom. The van der Waals surface area contributed by atoms with Gasteiger partial charge in [-0.1, -0.05) is 19.9 Å². The van der Waals surface area contributed by atoms with E-state index in [-0.39, 0.29) is 18.6 Å². The van der Waals surface area contributed by atoms with Gasteiger partial charge in [-0.05, 0) is 23.6 Å². The van der Waals surface area contributed by atoms with Gasteiger partial charge in [0.15, 0.2) is 0 Å². The molecule has 1 aliphatic rings. The molecule has 0 amide bonds. The first-order chi connectivity index (χ1) is 9.55. The predicted octanol–water partition coefficient (Wildman–Crippen LogP) is 1.54. The van der Waals surface area contributed by atoms with Gasteiger partial charge >= 0.3 is 5.97 Å². The zero-order chi connectivity index (χ0) is 14.7. The molecule has 0 saturated carbocycles. The highest BCUT2D eigenvalue weighted by Gasteiger charge is 2.29. The zero-order valence-corrected chi connectivity index (χ0v) is 12.3. The average molecular weight is 278 g/mol. The summed E-state index contributed by atoms with van der Waals surface area (Å²) in [5, 5.41) is 0. The number of rotatable bonds is 4. The standard InChI is InChI=1S/C15H22N2O3/c1-10(2)14-8-17(9-15(18)19-3)12-5-4-11(7-16)6-13(12)20-14/h4-6,10,14H,7-9,16H2,1-3H3. The number of anilines is 1. The molecule has 20 heavy (non-hydrogen) atoms. The third kappa shape index (κ3) is 3.04. The average Bonchev–Trinajstić information content (AvgIpc) is 2.45. The number of ether oxygens (including phenoxy) is 2. The fourth-order valence-electron chi connectivity index (χ4n) is 2.27. The van der Waals surface area contributed by atoms with E-state index in [4.69, 9.17) is 15.2 Å². The first kappa shape index (κ1) is 14.7. The normalized spacial score (nSPS) is 17.6. The summed E-state index contributed by atoms with van der Waals surface area (Å²) in [6, 6.07) is 5.87. The van der Waals surface area contributed by atoms with Gasteiger partial charge in [-0.15, -0.1) is 0 Å². The lowest BCUT2D eigenvalue weighted by Crippen LogP contribution is -2.45. The number of esters is 1. The van der Waals surface area contributed by atoms with Gasteiger partial charge in [0.1, 0.15) is 18.4 Å². The van der Waals surface area contributed by atoms with Crippen molar-refractivity contribution in [2.24, 2.45) is 11.7 Å². The molecule has 2 N–H and O–H groups in total. The molecule has 0 aliphatic carbocycles. The number of methoxy groups -OCH3 is 1. The number of fused-ring (bicyclic) bond motifs is 1. The van der Waals surface area contributed by atoms with Gasteiger partial charge < -0.3 is 20.1 Å². The third-order valence-corrected chi connectivity index (χ3v) is 3.57. The highest BCUT2D eigenvalue weighted by molar-refractivity contribution is 5.77. The summed E-state index contributed by atoms with van der Waals surface area (Å²) in [6.45, 7) is 5.61. The first-order valence-electron chi connectivity index (χ1n) is 6.86. The molecular formula is C15H22N2O3. The summed E-state index contributed by atoms with van der Waals surface area (Å²) in [6.07, 6.45) is 0.0557. The molecule has 110 valence electrons. The summed E-state index contributed by atoms with van der Waals surface area (Å²) in [5.74, 6) is 0.912. The van der Waals surface area contributed by atoms with Crippen LogP contribution >= 0.6 is 0 Å². The summed E-state index contributed by atoms with van der Waals surface area (Å²) in [5.41, 5.74) is 7.61. The van der Waals surface area contributed by atoms with Gasteiger partial charge in [0.2, 0.25) is 0 Å². The van der Waals surface area contributed by atoms with Crippen molar-refractivity contribution in [2.75, 3.05) is 25.1 Å². The molecule has 2 rings (SSSR count). The number of benzene rings is 1. The summed E-state index contributed by atoms with van der Waals surface area (Å²) < 4.78 is 10.8.